The fourth-order valence-electron chi connectivity index (χ4n) is 3.01. The topological polar surface area (TPSA) is 49.4 Å². The summed E-state index contributed by atoms with van der Waals surface area (Å²) in [6, 6.07) is 13.5. The number of hydrogen-bond donors (Lipinski definition) is 1. The van der Waals surface area contributed by atoms with Gasteiger partial charge in [-0.05, 0) is 41.8 Å². The molecule has 1 aliphatic heterocycles. The molecule has 0 bridgehead atoms. The highest BCUT2D eigenvalue weighted by Crippen LogP contribution is 2.19. The van der Waals surface area contributed by atoms with Crippen LogP contribution in [-0.4, -0.2) is 29.8 Å². The van der Waals surface area contributed by atoms with Crippen molar-refractivity contribution in [2.24, 2.45) is 5.92 Å². The molecule has 26 heavy (non-hydrogen) atoms. The molecule has 1 heterocycles. The van der Waals surface area contributed by atoms with E-state index < -0.39 is 0 Å². The lowest BCUT2D eigenvalue weighted by Crippen LogP contribution is -2.33. The van der Waals surface area contributed by atoms with Crippen LogP contribution in [0.5, 0.6) is 0 Å². The van der Waals surface area contributed by atoms with Crippen molar-refractivity contribution in [2.45, 2.75) is 19.4 Å². The number of nitrogens with one attached hydrogen (secondary N) is 1. The largest absolute Gasteiger partial charge is 0.352 e. The molecule has 1 fully saturated rings. The molecule has 1 atom stereocenters. The second kappa shape index (κ2) is 8.32. The minimum absolute atomic E-state index is 0.000829. The second-order valence-electron chi connectivity index (χ2n) is 6.46. The minimum Gasteiger partial charge on any atom is -0.352 e. The molecule has 0 aliphatic carbocycles. The molecular weight excluding hydrogens is 355 g/mol. The van der Waals surface area contributed by atoms with Gasteiger partial charge in [0.15, 0.2) is 0 Å². The van der Waals surface area contributed by atoms with Gasteiger partial charge in [-0.25, -0.2) is 4.39 Å². The maximum absolute atomic E-state index is 12.9. The normalized spacial score (nSPS) is 16.8. The van der Waals surface area contributed by atoms with Gasteiger partial charge in [-0.2, -0.15) is 0 Å². The van der Waals surface area contributed by atoms with E-state index in [1.165, 1.54) is 12.1 Å². The summed E-state index contributed by atoms with van der Waals surface area (Å²) in [5, 5.41) is 3.51. The SMILES string of the molecule is O=C(NCc1ccc(F)cc1)C1CC(=O)N(CCc2ccc(Cl)cc2)C1. The van der Waals surface area contributed by atoms with Crippen molar-refractivity contribution in [2.75, 3.05) is 13.1 Å². The van der Waals surface area contributed by atoms with Gasteiger partial charge < -0.3 is 10.2 Å². The second-order valence-corrected chi connectivity index (χ2v) is 6.90. The fraction of sp³-hybridized carbons (Fsp3) is 0.300. The van der Waals surface area contributed by atoms with Crippen molar-refractivity contribution < 1.29 is 14.0 Å². The van der Waals surface area contributed by atoms with Crippen molar-refractivity contribution >= 4 is 23.4 Å². The van der Waals surface area contributed by atoms with E-state index >= 15 is 0 Å². The average molecular weight is 375 g/mol. The van der Waals surface area contributed by atoms with E-state index in [-0.39, 0.29) is 30.0 Å². The van der Waals surface area contributed by atoms with E-state index in [0.717, 1.165) is 17.5 Å². The first kappa shape index (κ1) is 18.4. The Morgan fingerprint density at radius 1 is 1.12 bits per heavy atom. The quantitative estimate of drug-likeness (QED) is 0.844. The number of carbonyl (C=O) groups excluding carboxylic acids is 2. The Balaban J connectivity index is 1.47. The zero-order chi connectivity index (χ0) is 18.5. The van der Waals surface area contributed by atoms with Crippen molar-refractivity contribution in [3.8, 4) is 0 Å². The summed E-state index contributed by atoms with van der Waals surface area (Å²) >= 11 is 5.87. The summed E-state index contributed by atoms with van der Waals surface area (Å²) in [6.45, 7) is 1.35. The predicted molar refractivity (Wildman–Crippen MR) is 98.1 cm³/mol. The molecule has 6 heteroatoms. The molecule has 0 aromatic heterocycles. The Morgan fingerprint density at radius 3 is 2.46 bits per heavy atom. The van der Waals surface area contributed by atoms with Crippen LogP contribution in [0.25, 0.3) is 0 Å². The molecule has 1 unspecified atom stereocenters. The number of benzene rings is 2. The lowest BCUT2D eigenvalue weighted by atomic mass is 10.1. The molecule has 0 saturated carbocycles. The van der Waals surface area contributed by atoms with E-state index in [9.17, 15) is 14.0 Å². The van der Waals surface area contributed by atoms with Crippen molar-refractivity contribution in [1.82, 2.24) is 10.2 Å². The lowest BCUT2D eigenvalue weighted by Gasteiger charge is -2.16. The molecule has 2 amide bonds. The Bertz CT molecular complexity index is 777. The Hall–Kier alpha value is -2.40. The molecule has 0 radical (unpaired) electrons. The van der Waals surface area contributed by atoms with Crippen LogP contribution in [0.1, 0.15) is 17.5 Å². The van der Waals surface area contributed by atoms with Crippen LogP contribution in [0.2, 0.25) is 5.02 Å². The van der Waals surface area contributed by atoms with E-state index in [1.54, 1.807) is 17.0 Å². The monoisotopic (exact) mass is 374 g/mol. The van der Waals surface area contributed by atoms with Crippen molar-refractivity contribution in [1.29, 1.82) is 0 Å². The van der Waals surface area contributed by atoms with Gasteiger partial charge in [0.05, 0.1) is 5.92 Å². The van der Waals surface area contributed by atoms with E-state index in [0.29, 0.717) is 24.7 Å². The highest BCUT2D eigenvalue weighted by molar-refractivity contribution is 6.30. The third kappa shape index (κ3) is 4.82. The zero-order valence-electron chi connectivity index (χ0n) is 14.3. The van der Waals surface area contributed by atoms with Gasteiger partial charge in [0.2, 0.25) is 11.8 Å². The molecular formula is C20H20ClFN2O2. The highest BCUT2D eigenvalue weighted by Gasteiger charge is 2.33. The van der Waals surface area contributed by atoms with Crippen LogP contribution < -0.4 is 5.32 Å². The van der Waals surface area contributed by atoms with Gasteiger partial charge >= 0.3 is 0 Å². The molecule has 3 rings (SSSR count). The van der Waals surface area contributed by atoms with Crippen LogP contribution in [0.3, 0.4) is 0 Å². The number of carbonyl (C=O) groups is 2. The summed E-state index contributed by atoms with van der Waals surface area (Å²) in [5.74, 6) is -0.788. The first-order valence-electron chi connectivity index (χ1n) is 8.55. The van der Waals surface area contributed by atoms with Gasteiger partial charge in [-0.15, -0.1) is 0 Å². The van der Waals surface area contributed by atoms with E-state index in [1.807, 2.05) is 24.3 Å². The summed E-state index contributed by atoms with van der Waals surface area (Å²) in [4.78, 5) is 26.2. The number of amides is 2. The lowest BCUT2D eigenvalue weighted by molar-refractivity contribution is -0.129. The van der Waals surface area contributed by atoms with Gasteiger partial charge in [0, 0.05) is 31.1 Å². The predicted octanol–water partition coefficient (Wildman–Crippen LogP) is 3.19. The first-order chi connectivity index (χ1) is 12.5. The number of likely N-dealkylation sites (tertiary alicyclic amines) is 1. The van der Waals surface area contributed by atoms with Gasteiger partial charge in [-0.3, -0.25) is 9.59 Å². The van der Waals surface area contributed by atoms with Crippen molar-refractivity contribution in [3.05, 3.63) is 70.5 Å². The summed E-state index contributed by atoms with van der Waals surface area (Å²) in [7, 11) is 0. The first-order valence-corrected chi connectivity index (χ1v) is 8.93. The standard InChI is InChI=1S/C20H20ClFN2O2/c21-17-5-1-14(2-6-17)9-10-24-13-16(11-19(24)25)20(26)23-12-15-3-7-18(22)8-4-15/h1-8,16H,9-13H2,(H,23,26). The zero-order valence-corrected chi connectivity index (χ0v) is 15.0. The number of rotatable bonds is 6. The molecule has 2 aromatic carbocycles. The fourth-order valence-corrected chi connectivity index (χ4v) is 3.14. The van der Waals surface area contributed by atoms with Crippen molar-refractivity contribution in [3.63, 3.8) is 0 Å². The van der Waals surface area contributed by atoms with Gasteiger partial charge in [0.25, 0.3) is 0 Å². The smallest absolute Gasteiger partial charge is 0.225 e. The Labute approximate surface area is 157 Å². The third-order valence-corrected chi connectivity index (χ3v) is 4.80. The molecule has 0 spiro atoms. The summed E-state index contributed by atoms with van der Waals surface area (Å²) in [5.41, 5.74) is 1.93. The number of nitrogens with zero attached hydrogens (tertiary/aromatic N) is 1. The molecule has 1 N–H and O–H groups in total. The molecule has 136 valence electrons. The van der Waals surface area contributed by atoms with Crippen LogP contribution >= 0.6 is 11.6 Å². The molecule has 4 nitrogen and oxygen atoms in total. The summed E-state index contributed by atoms with van der Waals surface area (Å²) < 4.78 is 12.9. The number of halogens is 2. The average Bonchev–Trinajstić information content (AvgIpc) is 3.01. The van der Waals surface area contributed by atoms with Gasteiger partial charge in [-0.1, -0.05) is 35.9 Å². The maximum atomic E-state index is 12.9. The Morgan fingerprint density at radius 2 is 1.77 bits per heavy atom. The molecule has 1 aliphatic rings. The van der Waals surface area contributed by atoms with Crippen LogP contribution in [0.15, 0.2) is 48.5 Å². The minimum atomic E-state index is -0.340. The van der Waals surface area contributed by atoms with Crippen LogP contribution in [0.4, 0.5) is 4.39 Å². The third-order valence-electron chi connectivity index (χ3n) is 4.55. The molecule has 1 saturated heterocycles. The maximum Gasteiger partial charge on any atom is 0.225 e. The molecule has 2 aromatic rings. The van der Waals surface area contributed by atoms with Crippen LogP contribution in [0, 0.1) is 11.7 Å². The highest BCUT2D eigenvalue weighted by atomic mass is 35.5. The van der Waals surface area contributed by atoms with Gasteiger partial charge in [0.1, 0.15) is 5.82 Å². The van der Waals surface area contributed by atoms with Crippen LogP contribution in [-0.2, 0) is 22.6 Å². The van der Waals surface area contributed by atoms with E-state index in [4.69, 9.17) is 11.6 Å². The summed E-state index contributed by atoms with van der Waals surface area (Å²) in [6.07, 6.45) is 0.961. The van der Waals surface area contributed by atoms with E-state index in [2.05, 4.69) is 5.32 Å². The number of hydrogen-bond acceptors (Lipinski definition) is 2. The Kier molecular flexibility index (Phi) is 5.89.